The Balaban J connectivity index is 1.98. The number of nitrogens with two attached hydrogens (primary N) is 1. The van der Waals surface area contributed by atoms with Crippen molar-refractivity contribution in [2.45, 2.75) is 43.8 Å². The van der Waals surface area contributed by atoms with Crippen molar-refractivity contribution in [2.24, 2.45) is 0 Å². The third kappa shape index (κ3) is 3.71. The van der Waals surface area contributed by atoms with Gasteiger partial charge in [-0.25, -0.2) is 18.4 Å². The average molecular weight is 386 g/mol. The zero-order valence-corrected chi connectivity index (χ0v) is 16.5. The molecule has 0 aliphatic heterocycles. The topological polar surface area (TPSA) is 112 Å². The van der Waals surface area contributed by atoms with Crippen LogP contribution in [0.15, 0.2) is 45.9 Å². The minimum Gasteiger partial charge on any atom is -0.382 e. The van der Waals surface area contributed by atoms with E-state index < -0.39 is 15.1 Å². The van der Waals surface area contributed by atoms with Gasteiger partial charge in [-0.15, -0.1) is 0 Å². The molecular weight excluding hydrogens is 364 g/mol. The number of rotatable bonds is 5. The third-order valence-electron chi connectivity index (χ3n) is 4.25. The molecule has 0 saturated heterocycles. The van der Waals surface area contributed by atoms with Crippen LogP contribution in [0.4, 0.5) is 5.82 Å². The highest BCUT2D eigenvalue weighted by Crippen LogP contribution is 2.29. The first-order valence-electron chi connectivity index (χ1n) is 8.64. The molecule has 1 aromatic carbocycles. The third-order valence-corrected chi connectivity index (χ3v) is 6.42. The van der Waals surface area contributed by atoms with E-state index in [0.717, 1.165) is 11.3 Å². The Labute approximate surface area is 158 Å². The van der Waals surface area contributed by atoms with E-state index >= 15 is 0 Å². The molecule has 2 N–H and O–H groups in total. The standard InChI is InChI=1S/C19H22N4O3S/c1-11(2)15-9-17(26-23-15)18-19(20)21-10-16(22-18)13-5-7-14(8-6-13)27(24,25)12(3)4/h5-12H,1-4H3,(H2,20,21). The van der Waals surface area contributed by atoms with Crippen LogP contribution in [0, 0.1) is 0 Å². The fraction of sp³-hybridized carbons (Fsp3) is 0.316. The molecule has 0 amide bonds. The summed E-state index contributed by atoms with van der Waals surface area (Å²) >= 11 is 0. The maximum absolute atomic E-state index is 12.3. The number of benzene rings is 1. The summed E-state index contributed by atoms with van der Waals surface area (Å²) in [6.07, 6.45) is 1.55. The maximum Gasteiger partial charge on any atom is 0.189 e. The molecule has 0 aliphatic rings. The maximum atomic E-state index is 12.3. The predicted molar refractivity (Wildman–Crippen MR) is 104 cm³/mol. The quantitative estimate of drug-likeness (QED) is 0.711. The van der Waals surface area contributed by atoms with E-state index in [-0.39, 0.29) is 16.6 Å². The number of hydrogen-bond donors (Lipinski definition) is 1. The number of nitrogen functional groups attached to an aromatic ring is 1. The Morgan fingerprint density at radius 3 is 2.30 bits per heavy atom. The molecule has 0 atom stereocenters. The summed E-state index contributed by atoms with van der Waals surface area (Å²) < 4.78 is 29.9. The molecule has 0 saturated carbocycles. The minimum absolute atomic E-state index is 0.218. The highest BCUT2D eigenvalue weighted by molar-refractivity contribution is 7.92. The lowest BCUT2D eigenvalue weighted by Gasteiger charge is -2.09. The number of sulfone groups is 1. The van der Waals surface area contributed by atoms with Gasteiger partial charge in [0, 0.05) is 11.6 Å². The fourth-order valence-corrected chi connectivity index (χ4v) is 3.54. The average Bonchev–Trinajstić information content (AvgIpc) is 3.12. The van der Waals surface area contributed by atoms with Crippen LogP contribution in [0.2, 0.25) is 0 Å². The molecule has 2 heterocycles. The van der Waals surface area contributed by atoms with Gasteiger partial charge in [0.25, 0.3) is 0 Å². The predicted octanol–water partition coefficient (Wildman–Crippen LogP) is 3.69. The first-order chi connectivity index (χ1) is 12.7. The summed E-state index contributed by atoms with van der Waals surface area (Å²) in [6, 6.07) is 8.37. The highest BCUT2D eigenvalue weighted by atomic mass is 32.2. The van der Waals surface area contributed by atoms with Gasteiger partial charge in [-0.05, 0) is 31.9 Å². The van der Waals surface area contributed by atoms with Gasteiger partial charge in [-0.3, -0.25) is 0 Å². The van der Waals surface area contributed by atoms with E-state index in [1.807, 2.05) is 13.8 Å². The summed E-state index contributed by atoms with van der Waals surface area (Å²) in [5.74, 6) is 0.907. The second-order valence-electron chi connectivity index (χ2n) is 6.88. The molecular formula is C19H22N4O3S. The van der Waals surface area contributed by atoms with Crippen molar-refractivity contribution in [1.29, 1.82) is 0 Å². The molecule has 142 valence electrons. The first-order valence-corrected chi connectivity index (χ1v) is 10.2. The first kappa shape index (κ1) is 19.0. The lowest BCUT2D eigenvalue weighted by atomic mass is 10.1. The molecule has 3 aromatic rings. The Kier molecular flexibility index (Phi) is 5.01. The molecule has 0 aliphatic carbocycles. The molecule has 0 bridgehead atoms. The molecule has 0 fully saturated rings. The van der Waals surface area contributed by atoms with Crippen molar-refractivity contribution >= 4 is 15.7 Å². The van der Waals surface area contributed by atoms with Gasteiger partial charge in [0.15, 0.2) is 27.1 Å². The second-order valence-corrected chi connectivity index (χ2v) is 9.38. The Morgan fingerprint density at radius 2 is 1.74 bits per heavy atom. The second kappa shape index (κ2) is 7.11. The minimum atomic E-state index is -3.32. The monoisotopic (exact) mass is 386 g/mol. The van der Waals surface area contributed by atoms with Crippen LogP contribution in [0.3, 0.4) is 0 Å². The molecule has 7 nitrogen and oxygen atoms in total. The van der Waals surface area contributed by atoms with Gasteiger partial charge in [-0.1, -0.05) is 31.1 Å². The van der Waals surface area contributed by atoms with Crippen LogP contribution in [0.5, 0.6) is 0 Å². The lowest BCUT2D eigenvalue weighted by molar-refractivity contribution is 0.419. The van der Waals surface area contributed by atoms with Crippen molar-refractivity contribution in [3.8, 4) is 22.7 Å². The largest absolute Gasteiger partial charge is 0.382 e. The number of nitrogens with zero attached hydrogens (tertiary/aromatic N) is 3. The van der Waals surface area contributed by atoms with Gasteiger partial charge in [-0.2, -0.15) is 0 Å². The van der Waals surface area contributed by atoms with Crippen LogP contribution < -0.4 is 5.73 Å². The lowest BCUT2D eigenvalue weighted by Crippen LogP contribution is -2.13. The van der Waals surface area contributed by atoms with Crippen LogP contribution in [0.1, 0.15) is 39.3 Å². The van der Waals surface area contributed by atoms with Crippen molar-refractivity contribution in [2.75, 3.05) is 5.73 Å². The fourth-order valence-electron chi connectivity index (χ4n) is 2.48. The van der Waals surface area contributed by atoms with E-state index in [9.17, 15) is 8.42 Å². The highest BCUT2D eigenvalue weighted by Gasteiger charge is 2.19. The van der Waals surface area contributed by atoms with Crippen LogP contribution in [-0.4, -0.2) is 28.8 Å². The zero-order chi connectivity index (χ0) is 19.8. The van der Waals surface area contributed by atoms with Crippen LogP contribution in [-0.2, 0) is 9.84 Å². The smallest absolute Gasteiger partial charge is 0.189 e. The van der Waals surface area contributed by atoms with Crippen molar-refractivity contribution in [1.82, 2.24) is 15.1 Å². The van der Waals surface area contributed by atoms with E-state index in [1.54, 1.807) is 50.4 Å². The summed E-state index contributed by atoms with van der Waals surface area (Å²) in [5, 5.41) is 3.55. The Morgan fingerprint density at radius 1 is 1.07 bits per heavy atom. The molecule has 3 rings (SSSR count). The van der Waals surface area contributed by atoms with Gasteiger partial charge in [0.05, 0.1) is 27.7 Å². The number of hydrogen-bond acceptors (Lipinski definition) is 7. The van der Waals surface area contributed by atoms with Gasteiger partial charge in [0.2, 0.25) is 0 Å². The van der Waals surface area contributed by atoms with Crippen LogP contribution >= 0.6 is 0 Å². The SMILES string of the molecule is CC(C)c1cc(-c2nc(-c3ccc(S(=O)(=O)C(C)C)cc3)cnc2N)on1. The van der Waals surface area contributed by atoms with E-state index in [1.165, 1.54) is 0 Å². The number of aromatic nitrogens is 3. The summed E-state index contributed by atoms with van der Waals surface area (Å²) in [7, 11) is -3.32. The summed E-state index contributed by atoms with van der Waals surface area (Å²) in [4.78, 5) is 9.02. The summed E-state index contributed by atoms with van der Waals surface area (Å²) in [6.45, 7) is 7.34. The van der Waals surface area contributed by atoms with Crippen molar-refractivity contribution in [3.63, 3.8) is 0 Å². The van der Waals surface area contributed by atoms with E-state index in [2.05, 4.69) is 15.1 Å². The number of anilines is 1. The summed E-state index contributed by atoms with van der Waals surface area (Å²) in [5.41, 5.74) is 8.47. The molecule has 0 unspecified atom stereocenters. The Bertz CT molecular complexity index is 1050. The van der Waals surface area contributed by atoms with Crippen LogP contribution in [0.25, 0.3) is 22.7 Å². The zero-order valence-electron chi connectivity index (χ0n) is 15.7. The Hall–Kier alpha value is -2.74. The van der Waals surface area contributed by atoms with Gasteiger partial charge < -0.3 is 10.3 Å². The molecule has 8 heteroatoms. The van der Waals surface area contributed by atoms with Gasteiger partial charge in [0.1, 0.15) is 0 Å². The van der Waals surface area contributed by atoms with Crippen molar-refractivity contribution in [3.05, 3.63) is 42.2 Å². The van der Waals surface area contributed by atoms with Crippen molar-refractivity contribution < 1.29 is 12.9 Å². The van der Waals surface area contributed by atoms with E-state index in [4.69, 9.17) is 10.3 Å². The molecule has 27 heavy (non-hydrogen) atoms. The van der Waals surface area contributed by atoms with Gasteiger partial charge >= 0.3 is 0 Å². The molecule has 0 spiro atoms. The normalized spacial score (nSPS) is 12.1. The van der Waals surface area contributed by atoms with E-state index in [0.29, 0.717) is 17.1 Å². The molecule has 0 radical (unpaired) electrons. The molecule has 2 aromatic heterocycles.